The first-order chi connectivity index (χ1) is 8.54. The molecule has 0 spiro atoms. The fourth-order valence-corrected chi connectivity index (χ4v) is 1.66. The highest BCUT2D eigenvalue weighted by atomic mass is 14.8. The molecular formula is C17H19N. The van der Waals surface area contributed by atoms with E-state index >= 15 is 0 Å². The van der Waals surface area contributed by atoms with E-state index < -0.39 is 0 Å². The quantitative estimate of drug-likeness (QED) is 0.678. The van der Waals surface area contributed by atoms with Crippen molar-refractivity contribution in [3.05, 3.63) is 60.2 Å². The van der Waals surface area contributed by atoms with Crippen molar-refractivity contribution in [1.29, 1.82) is 0 Å². The number of aliphatic imine (C=N–C) groups is 1. The lowest BCUT2D eigenvalue weighted by Gasteiger charge is -2.10. The predicted molar refractivity (Wildman–Crippen MR) is 79.2 cm³/mol. The van der Waals surface area contributed by atoms with E-state index in [0.29, 0.717) is 0 Å². The molecule has 0 atom stereocenters. The smallest absolute Gasteiger partial charge is 0.0524 e. The summed E-state index contributed by atoms with van der Waals surface area (Å²) < 4.78 is 0. The molecule has 2 aromatic rings. The molecule has 0 aliphatic rings. The van der Waals surface area contributed by atoms with Gasteiger partial charge >= 0.3 is 0 Å². The molecule has 2 aromatic carbocycles. The topological polar surface area (TPSA) is 12.4 Å². The van der Waals surface area contributed by atoms with Crippen LogP contribution in [0.25, 0.3) is 11.1 Å². The van der Waals surface area contributed by atoms with E-state index in [1.54, 1.807) is 0 Å². The molecule has 92 valence electrons. The monoisotopic (exact) mass is 237 g/mol. The van der Waals surface area contributed by atoms with Crippen LogP contribution in [0.5, 0.6) is 0 Å². The summed E-state index contributed by atoms with van der Waals surface area (Å²) in [4.78, 5) is 4.50. The molecular weight excluding hydrogens is 218 g/mol. The van der Waals surface area contributed by atoms with Crippen molar-refractivity contribution in [3.63, 3.8) is 0 Å². The lowest BCUT2D eigenvalue weighted by Crippen LogP contribution is -2.09. The van der Waals surface area contributed by atoms with Gasteiger partial charge in [0.2, 0.25) is 0 Å². The fraction of sp³-hybridized carbons (Fsp3) is 0.235. The minimum atomic E-state index is -0.0158. The Bertz CT molecular complexity index is 516. The molecule has 0 fully saturated rings. The van der Waals surface area contributed by atoms with Crippen molar-refractivity contribution in [2.24, 2.45) is 4.99 Å². The molecule has 0 N–H and O–H groups in total. The molecule has 0 unspecified atom stereocenters. The molecule has 0 heterocycles. The van der Waals surface area contributed by atoms with Crippen molar-refractivity contribution in [2.75, 3.05) is 0 Å². The van der Waals surface area contributed by atoms with Crippen LogP contribution in [0.2, 0.25) is 0 Å². The van der Waals surface area contributed by atoms with Gasteiger partial charge in [0.05, 0.1) is 5.54 Å². The van der Waals surface area contributed by atoms with Crippen molar-refractivity contribution >= 4 is 6.21 Å². The van der Waals surface area contributed by atoms with Gasteiger partial charge in [-0.1, -0.05) is 54.6 Å². The number of rotatable bonds is 2. The third-order valence-corrected chi connectivity index (χ3v) is 2.62. The Morgan fingerprint density at radius 1 is 0.778 bits per heavy atom. The van der Waals surface area contributed by atoms with Gasteiger partial charge in [-0.25, -0.2) is 0 Å². The predicted octanol–water partition coefficient (Wildman–Crippen LogP) is 4.57. The standard InChI is InChI=1S/C17H19N/c1-17(2,3)18-13-14-9-11-16(12-10-14)15-7-5-4-6-8-15/h4-13H,1-3H3. The van der Waals surface area contributed by atoms with Crippen molar-refractivity contribution < 1.29 is 0 Å². The van der Waals surface area contributed by atoms with Gasteiger partial charge < -0.3 is 0 Å². The van der Waals surface area contributed by atoms with Gasteiger partial charge in [0.15, 0.2) is 0 Å². The maximum atomic E-state index is 4.50. The van der Waals surface area contributed by atoms with E-state index in [4.69, 9.17) is 0 Å². The Hall–Kier alpha value is -1.89. The molecule has 0 radical (unpaired) electrons. The maximum Gasteiger partial charge on any atom is 0.0524 e. The molecule has 0 aliphatic carbocycles. The maximum absolute atomic E-state index is 4.50. The van der Waals surface area contributed by atoms with Gasteiger partial charge in [0.25, 0.3) is 0 Å². The first kappa shape index (κ1) is 12.6. The zero-order valence-corrected chi connectivity index (χ0v) is 11.2. The van der Waals surface area contributed by atoms with Gasteiger partial charge in [-0.2, -0.15) is 0 Å². The molecule has 0 saturated heterocycles. The van der Waals surface area contributed by atoms with Crippen LogP contribution in [0.15, 0.2) is 59.6 Å². The molecule has 0 aromatic heterocycles. The van der Waals surface area contributed by atoms with Gasteiger partial charge in [-0.05, 0) is 37.5 Å². The van der Waals surface area contributed by atoms with Crippen LogP contribution in [-0.4, -0.2) is 11.8 Å². The summed E-state index contributed by atoms with van der Waals surface area (Å²) in [7, 11) is 0. The second-order valence-electron chi connectivity index (χ2n) is 5.42. The van der Waals surface area contributed by atoms with E-state index in [1.165, 1.54) is 11.1 Å². The zero-order chi connectivity index (χ0) is 13.0. The van der Waals surface area contributed by atoms with E-state index in [0.717, 1.165) is 5.56 Å². The molecule has 18 heavy (non-hydrogen) atoms. The van der Waals surface area contributed by atoms with Crippen molar-refractivity contribution in [3.8, 4) is 11.1 Å². The van der Waals surface area contributed by atoms with Gasteiger partial charge in [0, 0.05) is 6.21 Å². The molecule has 0 amide bonds. The highest BCUT2D eigenvalue weighted by Crippen LogP contribution is 2.18. The van der Waals surface area contributed by atoms with Crippen LogP contribution >= 0.6 is 0 Å². The summed E-state index contributed by atoms with van der Waals surface area (Å²) in [6.07, 6.45) is 1.94. The largest absolute Gasteiger partial charge is 0.287 e. The van der Waals surface area contributed by atoms with E-state index in [1.807, 2.05) is 12.3 Å². The minimum Gasteiger partial charge on any atom is -0.287 e. The number of benzene rings is 2. The van der Waals surface area contributed by atoms with Crippen LogP contribution in [-0.2, 0) is 0 Å². The summed E-state index contributed by atoms with van der Waals surface area (Å²) in [6.45, 7) is 6.30. The summed E-state index contributed by atoms with van der Waals surface area (Å²) in [5.41, 5.74) is 3.61. The lowest BCUT2D eigenvalue weighted by atomic mass is 10.0. The molecule has 0 saturated carbocycles. The average molecular weight is 237 g/mol. The zero-order valence-electron chi connectivity index (χ0n) is 11.2. The Morgan fingerprint density at radius 2 is 1.33 bits per heavy atom. The summed E-state index contributed by atoms with van der Waals surface area (Å²) >= 11 is 0. The van der Waals surface area contributed by atoms with Gasteiger partial charge in [-0.3, -0.25) is 4.99 Å². The van der Waals surface area contributed by atoms with E-state index in [9.17, 15) is 0 Å². The summed E-state index contributed by atoms with van der Waals surface area (Å²) in [5, 5.41) is 0. The molecule has 0 bridgehead atoms. The highest BCUT2D eigenvalue weighted by molar-refractivity contribution is 5.81. The van der Waals surface area contributed by atoms with Crippen molar-refractivity contribution in [1.82, 2.24) is 0 Å². The lowest BCUT2D eigenvalue weighted by molar-refractivity contribution is 0.586. The molecule has 1 heteroatoms. The molecule has 1 nitrogen and oxygen atoms in total. The van der Waals surface area contributed by atoms with E-state index in [-0.39, 0.29) is 5.54 Å². The van der Waals surface area contributed by atoms with E-state index in [2.05, 4.69) is 74.3 Å². The third-order valence-electron chi connectivity index (χ3n) is 2.62. The second-order valence-corrected chi connectivity index (χ2v) is 5.42. The minimum absolute atomic E-state index is 0.0158. The van der Waals surface area contributed by atoms with Crippen LogP contribution in [0.1, 0.15) is 26.3 Å². The number of hydrogen-bond acceptors (Lipinski definition) is 1. The van der Waals surface area contributed by atoms with Crippen molar-refractivity contribution in [2.45, 2.75) is 26.3 Å². The first-order valence-corrected chi connectivity index (χ1v) is 6.25. The second kappa shape index (κ2) is 5.18. The van der Waals surface area contributed by atoms with Crippen LogP contribution < -0.4 is 0 Å². The van der Waals surface area contributed by atoms with Gasteiger partial charge in [-0.15, -0.1) is 0 Å². The Morgan fingerprint density at radius 3 is 1.89 bits per heavy atom. The normalized spacial score (nSPS) is 11.9. The molecule has 2 rings (SSSR count). The molecule has 0 aliphatic heterocycles. The number of hydrogen-bond donors (Lipinski definition) is 0. The van der Waals surface area contributed by atoms with Crippen LogP contribution in [0.3, 0.4) is 0 Å². The van der Waals surface area contributed by atoms with Gasteiger partial charge in [0.1, 0.15) is 0 Å². The highest BCUT2D eigenvalue weighted by Gasteiger charge is 2.04. The van der Waals surface area contributed by atoms with Crippen LogP contribution in [0, 0.1) is 0 Å². The Balaban J connectivity index is 2.19. The average Bonchev–Trinajstić information content (AvgIpc) is 2.37. The third kappa shape index (κ3) is 3.56. The first-order valence-electron chi connectivity index (χ1n) is 6.25. The fourth-order valence-electron chi connectivity index (χ4n) is 1.66. The summed E-state index contributed by atoms with van der Waals surface area (Å²) in [6, 6.07) is 18.9. The Labute approximate surface area is 109 Å². The summed E-state index contributed by atoms with van der Waals surface area (Å²) in [5.74, 6) is 0. The Kier molecular flexibility index (Phi) is 3.61. The number of nitrogens with zero attached hydrogens (tertiary/aromatic N) is 1. The SMILES string of the molecule is CC(C)(C)N=Cc1ccc(-c2ccccc2)cc1. The van der Waals surface area contributed by atoms with Crippen LogP contribution in [0.4, 0.5) is 0 Å².